The van der Waals surface area contributed by atoms with E-state index in [9.17, 15) is 0 Å². The van der Waals surface area contributed by atoms with Crippen LogP contribution in [0.3, 0.4) is 0 Å². The Morgan fingerprint density at radius 3 is 2.88 bits per heavy atom. The predicted molar refractivity (Wildman–Crippen MR) is 63.3 cm³/mol. The highest BCUT2D eigenvalue weighted by molar-refractivity contribution is 6.34. The second-order valence-electron chi connectivity index (χ2n) is 3.73. The number of halogens is 1. The Hall–Kier alpha value is -1.31. The molecule has 1 rings (SSSR count). The molecule has 0 aliphatic heterocycles. The molecule has 4 nitrogen and oxygen atoms in total. The topological polar surface area (TPSA) is 68.9 Å². The normalized spacial score (nSPS) is 13.9. The number of nitrogens with one attached hydrogen (secondary N) is 1. The maximum absolute atomic E-state index is 9.01. The van der Waals surface area contributed by atoms with E-state index in [2.05, 4.69) is 10.3 Å². The smallest absolute Gasteiger partial charge is 0.146 e. The zero-order valence-electron chi connectivity index (χ0n) is 9.24. The minimum atomic E-state index is 0.0314. The van der Waals surface area contributed by atoms with Crippen molar-refractivity contribution in [2.75, 3.05) is 11.9 Å². The van der Waals surface area contributed by atoms with Crippen molar-refractivity contribution in [3.05, 3.63) is 22.8 Å². The Kier molecular flexibility index (Phi) is 4.53. The summed E-state index contributed by atoms with van der Waals surface area (Å²) in [4.78, 5) is 4.07. The third kappa shape index (κ3) is 2.84. The summed E-state index contributed by atoms with van der Waals surface area (Å²) >= 11 is 5.99. The van der Waals surface area contributed by atoms with Crippen LogP contribution >= 0.6 is 11.6 Å². The van der Waals surface area contributed by atoms with Crippen molar-refractivity contribution in [3.8, 4) is 6.07 Å². The number of aliphatic hydroxyl groups is 1. The molecule has 0 radical (unpaired) electrons. The van der Waals surface area contributed by atoms with Gasteiger partial charge in [-0.05, 0) is 18.9 Å². The Morgan fingerprint density at radius 2 is 2.31 bits per heavy atom. The summed E-state index contributed by atoms with van der Waals surface area (Å²) in [7, 11) is 0. The summed E-state index contributed by atoms with van der Waals surface area (Å²) < 4.78 is 0. The molecule has 0 bridgehead atoms. The molecule has 16 heavy (non-hydrogen) atoms. The quantitative estimate of drug-likeness (QED) is 0.844. The van der Waals surface area contributed by atoms with Gasteiger partial charge in [0.05, 0.1) is 5.56 Å². The first-order valence-electron chi connectivity index (χ1n) is 5.02. The van der Waals surface area contributed by atoms with Crippen molar-refractivity contribution in [2.24, 2.45) is 5.92 Å². The Labute approximate surface area is 99.9 Å². The molecule has 2 atom stereocenters. The number of aromatic nitrogens is 1. The van der Waals surface area contributed by atoms with Crippen molar-refractivity contribution in [2.45, 2.75) is 19.9 Å². The van der Waals surface area contributed by atoms with Gasteiger partial charge >= 0.3 is 0 Å². The lowest BCUT2D eigenvalue weighted by molar-refractivity contribution is 0.226. The predicted octanol–water partition coefficient (Wildman–Crippen LogP) is 2.04. The molecule has 1 aromatic rings. The Balaban J connectivity index is 2.86. The van der Waals surface area contributed by atoms with Gasteiger partial charge in [0.1, 0.15) is 16.9 Å². The minimum Gasteiger partial charge on any atom is -0.396 e. The molecule has 0 amide bonds. The van der Waals surface area contributed by atoms with Crippen LogP contribution in [0.25, 0.3) is 0 Å². The molecule has 0 aromatic carbocycles. The van der Waals surface area contributed by atoms with E-state index in [1.165, 1.54) is 6.20 Å². The largest absolute Gasteiger partial charge is 0.396 e. The number of rotatable bonds is 4. The van der Waals surface area contributed by atoms with Gasteiger partial charge < -0.3 is 10.4 Å². The number of nitrogens with zero attached hydrogens (tertiary/aromatic N) is 2. The summed E-state index contributed by atoms with van der Waals surface area (Å²) in [6.45, 7) is 3.93. The van der Waals surface area contributed by atoms with Crippen molar-refractivity contribution >= 4 is 17.4 Å². The third-order valence-corrected chi connectivity index (χ3v) is 2.90. The molecule has 1 heterocycles. The molecule has 86 valence electrons. The zero-order valence-corrected chi connectivity index (χ0v) is 9.99. The molecule has 0 saturated carbocycles. The first-order chi connectivity index (χ1) is 7.60. The number of pyridine rings is 1. The van der Waals surface area contributed by atoms with Gasteiger partial charge in [0.25, 0.3) is 0 Å². The van der Waals surface area contributed by atoms with Crippen LogP contribution in [-0.2, 0) is 0 Å². The van der Waals surface area contributed by atoms with Gasteiger partial charge in [0.2, 0.25) is 0 Å². The molecule has 0 saturated heterocycles. The second kappa shape index (κ2) is 5.69. The first-order valence-corrected chi connectivity index (χ1v) is 5.40. The highest BCUT2D eigenvalue weighted by atomic mass is 35.5. The van der Waals surface area contributed by atoms with E-state index in [1.807, 2.05) is 19.9 Å². The lowest BCUT2D eigenvalue weighted by atomic mass is 10.1. The van der Waals surface area contributed by atoms with Crippen LogP contribution in [0.4, 0.5) is 5.82 Å². The van der Waals surface area contributed by atoms with Gasteiger partial charge in [-0.3, -0.25) is 0 Å². The van der Waals surface area contributed by atoms with Crippen molar-refractivity contribution in [1.29, 1.82) is 5.26 Å². The second-order valence-corrected chi connectivity index (χ2v) is 4.10. The third-order valence-electron chi connectivity index (χ3n) is 2.52. The highest BCUT2D eigenvalue weighted by Gasteiger charge is 2.14. The molecule has 5 heteroatoms. The molecule has 0 aliphatic carbocycles. The SMILES string of the molecule is CC(CO)C(C)Nc1nccc(C#N)c1Cl. The maximum atomic E-state index is 9.01. The van der Waals surface area contributed by atoms with Gasteiger partial charge in [-0.1, -0.05) is 18.5 Å². The molecule has 1 aromatic heterocycles. The molecule has 0 aliphatic rings. The Morgan fingerprint density at radius 1 is 1.62 bits per heavy atom. The highest BCUT2D eigenvalue weighted by Crippen LogP contribution is 2.24. The van der Waals surface area contributed by atoms with Crippen LogP contribution in [0.2, 0.25) is 5.02 Å². The summed E-state index contributed by atoms with van der Waals surface area (Å²) in [6, 6.07) is 3.59. The summed E-state index contributed by atoms with van der Waals surface area (Å²) in [5.41, 5.74) is 0.392. The van der Waals surface area contributed by atoms with E-state index >= 15 is 0 Å². The van der Waals surface area contributed by atoms with Crippen molar-refractivity contribution < 1.29 is 5.11 Å². The Bertz CT molecular complexity index is 403. The fourth-order valence-corrected chi connectivity index (χ4v) is 1.36. The standard InChI is InChI=1S/C11H14ClN3O/c1-7(6-16)8(2)15-11-10(12)9(5-13)3-4-14-11/h3-4,7-8,16H,6H2,1-2H3,(H,14,15). The molecule has 0 fully saturated rings. The summed E-state index contributed by atoms with van der Waals surface area (Å²) in [5, 5.41) is 21.2. The summed E-state index contributed by atoms with van der Waals surface area (Å²) in [5.74, 6) is 0.567. The average molecular weight is 240 g/mol. The van der Waals surface area contributed by atoms with E-state index in [4.69, 9.17) is 22.0 Å². The van der Waals surface area contributed by atoms with E-state index in [1.54, 1.807) is 6.07 Å². The number of anilines is 1. The lowest BCUT2D eigenvalue weighted by Crippen LogP contribution is -2.26. The van der Waals surface area contributed by atoms with E-state index in [0.29, 0.717) is 16.4 Å². The van der Waals surface area contributed by atoms with E-state index < -0.39 is 0 Å². The molecular formula is C11H14ClN3O. The van der Waals surface area contributed by atoms with Crippen LogP contribution in [0.5, 0.6) is 0 Å². The number of nitriles is 1. The zero-order chi connectivity index (χ0) is 12.1. The van der Waals surface area contributed by atoms with Gasteiger partial charge in [0, 0.05) is 18.8 Å². The van der Waals surface area contributed by atoms with Crippen LogP contribution < -0.4 is 5.32 Å². The molecule has 0 spiro atoms. The molecular weight excluding hydrogens is 226 g/mol. The van der Waals surface area contributed by atoms with Crippen molar-refractivity contribution in [3.63, 3.8) is 0 Å². The fourth-order valence-electron chi connectivity index (χ4n) is 1.15. The van der Waals surface area contributed by atoms with Gasteiger partial charge in [-0.25, -0.2) is 4.98 Å². The monoisotopic (exact) mass is 239 g/mol. The number of hydrogen-bond acceptors (Lipinski definition) is 4. The van der Waals surface area contributed by atoms with Crippen LogP contribution in [-0.4, -0.2) is 22.7 Å². The van der Waals surface area contributed by atoms with Crippen LogP contribution in [0.15, 0.2) is 12.3 Å². The number of aliphatic hydroxyl groups excluding tert-OH is 1. The maximum Gasteiger partial charge on any atom is 0.146 e. The van der Waals surface area contributed by atoms with Crippen LogP contribution in [0.1, 0.15) is 19.4 Å². The van der Waals surface area contributed by atoms with E-state index in [0.717, 1.165) is 0 Å². The van der Waals surface area contributed by atoms with Gasteiger partial charge in [-0.15, -0.1) is 0 Å². The average Bonchev–Trinajstić information content (AvgIpc) is 2.30. The first kappa shape index (κ1) is 12.8. The molecule has 2 unspecified atom stereocenters. The fraction of sp³-hybridized carbons (Fsp3) is 0.455. The van der Waals surface area contributed by atoms with Gasteiger partial charge in [0.15, 0.2) is 0 Å². The van der Waals surface area contributed by atoms with Gasteiger partial charge in [-0.2, -0.15) is 5.26 Å². The summed E-state index contributed by atoms with van der Waals surface area (Å²) in [6.07, 6.45) is 1.53. The number of hydrogen-bond donors (Lipinski definition) is 2. The van der Waals surface area contributed by atoms with E-state index in [-0.39, 0.29) is 18.6 Å². The van der Waals surface area contributed by atoms with Crippen molar-refractivity contribution in [1.82, 2.24) is 4.98 Å². The lowest BCUT2D eigenvalue weighted by Gasteiger charge is -2.20. The minimum absolute atomic E-state index is 0.0314. The van der Waals surface area contributed by atoms with Crippen LogP contribution in [0, 0.1) is 17.2 Å². The molecule has 2 N–H and O–H groups in total.